The maximum Gasteiger partial charge on any atom is 0.243 e. The third-order valence-electron chi connectivity index (χ3n) is 3.91. The number of aromatic nitrogens is 4. The highest BCUT2D eigenvalue weighted by Gasteiger charge is 2.32. The van der Waals surface area contributed by atoms with Gasteiger partial charge in [0.25, 0.3) is 0 Å². The van der Waals surface area contributed by atoms with Gasteiger partial charge in [-0.15, -0.1) is 5.10 Å². The first kappa shape index (κ1) is 16.6. The molecule has 0 saturated carbocycles. The molecular formula is C14H21N5O2S. The highest BCUT2D eigenvalue weighted by Crippen LogP contribution is 2.28. The van der Waals surface area contributed by atoms with Crippen LogP contribution in [0.3, 0.4) is 0 Å². The number of hydrogen-bond acceptors (Lipinski definition) is 5. The van der Waals surface area contributed by atoms with E-state index in [4.69, 9.17) is 0 Å². The fraction of sp³-hybridized carbons (Fsp3) is 0.500. The summed E-state index contributed by atoms with van der Waals surface area (Å²) in [6.07, 6.45) is 1.42. The number of hydrogen-bond donors (Lipinski definition) is 0. The van der Waals surface area contributed by atoms with Gasteiger partial charge in [-0.25, -0.2) is 13.1 Å². The Kier molecular flexibility index (Phi) is 4.35. The van der Waals surface area contributed by atoms with Crippen molar-refractivity contribution >= 4 is 10.0 Å². The Morgan fingerprint density at radius 2 is 1.95 bits per heavy atom. The molecule has 1 aromatic heterocycles. The van der Waals surface area contributed by atoms with Crippen molar-refractivity contribution in [3.63, 3.8) is 0 Å². The fourth-order valence-electron chi connectivity index (χ4n) is 1.99. The molecule has 0 aliphatic heterocycles. The van der Waals surface area contributed by atoms with Gasteiger partial charge in [-0.1, -0.05) is 26.8 Å². The molecule has 2 rings (SSSR count). The molecule has 7 nitrogen and oxygen atoms in total. The lowest BCUT2D eigenvalue weighted by Crippen LogP contribution is -2.42. The molecular weight excluding hydrogens is 302 g/mol. The normalized spacial score (nSPS) is 14.3. The number of tetrazole rings is 1. The molecule has 0 saturated heterocycles. The molecule has 1 heterocycles. The van der Waals surface area contributed by atoms with Crippen molar-refractivity contribution in [2.24, 2.45) is 5.41 Å². The lowest BCUT2D eigenvalue weighted by Gasteiger charge is -2.34. The van der Waals surface area contributed by atoms with Crippen LogP contribution in [0.1, 0.15) is 27.7 Å². The summed E-state index contributed by atoms with van der Waals surface area (Å²) < 4.78 is 28.4. The lowest BCUT2D eigenvalue weighted by molar-refractivity contribution is 0.216. The minimum atomic E-state index is -3.58. The summed E-state index contributed by atoms with van der Waals surface area (Å²) in [4.78, 5) is 0.221. The Hall–Kier alpha value is -1.80. The van der Waals surface area contributed by atoms with Gasteiger partial charge >= 0.3 is 0 Å². The van der Waals surface area contributed by atoms with E-state index in [-0.39, 0.29) is 16.4 Å². The van der Waals surface area contributed by atoms with Crippen molar-refractivity contribution in [2.75, 3.05) is 7.05 Å². The van der Waals surface area contributed by atoms with Gasteiger partial charge in [0.2, 0.25) is 10.0 Å². The molecule has 0 aliphatic rings. The van der Waals surface area contributed by atoms with Crippen LogP contribution < -0.4 is 0 Å². The van der Waals surface area contributed by atoms with Gasteiger partial charge in [0.15, 0.2) is 0 Å². The number of benzene rings is 1. The van der Waals surface area contributed by atoms with Gasteiger partial charge in [-0.3, -0.25) is 0 Å². The molecule has 0 N–H and O–H groups in total. The van der Waals surface area contributed by atoms with Crippen molar-refractivity contribution in [1.82, 2.24) is 24.5 Å². The number of sulfonamides is 1. The maximum absolute atomic E-state index is 12.8. The Bertz CT molecular complexity index is 735. The SMILES string of the molecule is C[C@@H](N(C)S(=O)(=O)c1cccc(-n2cnnn2)c1)C(C)(C)C. The zero-order chi connectivity index (χ0) is 16.5. The van der Waals surface area contributed by atoms with E-state index in [1.54, 1.807) is 31.3 Å². The molecule has 0 bridgehead atoms. The zero-order valence-electron chi connectivity index (χ0n) is 13.4. The Morgan fingerprint density at radius 3 is 2.50 bits per heavy atom. The topological polar surface area (TPSA) is 81.0 Å². The minimum absolute atomic E-state index is 0.144. The van der Waals surface area contributed by atoms with Gasteiger partial charge in [-0.05, 0) is 41.0 Å². The summed E-state index contributed by atoms with van der Waals surface area (Å²) in [7, 11) is -1.98. The van der Waals surface area contributed by atoms with Crippen molar-refractivity contribution in [3.8, 4) is 5.69 Å². The van der Waals surface area contributed by atoms with Crippen molar-refractivity contribution < 1.29 is 8.42 Å². The van der Waals surface area contributed by atoms with Crippen LogP contribution in [-0.4, -0.2) is 46.0 Å². The van der Waals surface area contributed by atoms with Crippen LogP contribution >= 0.6 is 0 Å². The van der Waals surface area contributed by atoms with Crippen LogP contribution in [0, 0.1) is 5.41 Å². The molecule has 0 unspecified atom stereocenters. The second-order valence-corrected chi connectivity index (χ2v) is 8.31. The van der Waals surface area contributed by atoms with Crippen LogP contribution in [-0.2, 0) is 10.0 Å². The second kappa shape index (κ2) is 5.77. The van der Waals surface area contributed by atoms with E-state index in [2.05, 4.69) is 15.5 Å². The first-order chi connectivity index (χ1) is 10.1. The monoisotopic (exact) mass is 323 g/mol. The summed E-state index contributed by atoms with van der Waals surface area (Å²) in [6.45, 7) is 7.95. The fourth-order valence-corrected chi connectivity index (χ4v) is 3.57. The third kappa shape index (κ3) is 3.17. The lowest BCUT2D eigenvalue weighted by atomic mass is 9.88. The Labute approximate surface area is 131 Å². The van der Waals surface area contributed by atoms with Gasteiger partial charge in [-0.2, -0.15) is 4.31 Å². The first-order valence-corrected chi connectivity index (χ1v) is 8.39. The smallest absolute Gasteiger partial charge is 0.207 e. The van der Waals surface area contributed by atoms with Crippen LogP contribution in [0.2, 0.25) is 0 Å². The van der Waals surface area contributed by atoms with Gasteiger partial charge in [0, 0.05) is 13.1 Å². The average Bonchev–Trinajstić information content (AvgIpc) is 2.99. The highest BCUT2D eigenvalue weighted by molar-refractivity contribution is 7.89. The predicted octanol–water partition coefficient (Wildman–Crippen LogP) is 1.72. The van der Waals surface area contributed by atoms with E-state index in [1.807, 2.05) is 27.7 Å². The summed E-state index contributed by atoms with van der Waals surface area (Å²) >= 11 is 0. The van der Waals surface area contributed by atoms with Crippen molar-refractivity contribution in [3.05, 3.63) is 30.6 Å². The summed E-state index contributed by atoms with van der Waals surface area (Å²) in [5.74, 6) is 0. The largest absolute Gasteiger partial charge is 0.243 e. The van der Waals surface area contributed by atoms with Gasteiger partial charge in [0.1, 0.15) is 6.33 Å². The summed E-state index contributed by atoms with van der Waals surface area (Å²) in [6, 6.07) is 6.43. The van der Waals surface area contributed by atoms with Crippen LogP contribution in [0.4, 0.5) is 0 Å². The van der Waals surface area contributed by atoms with Crippen molar-refractivity contribution in [2.45, 2.75) is 38.6 Å². The molecule has 1 aromatic carbocycles. The predicted molar refractivity (Wildman–Crippen MR) is 83.0 cm³/mol. The standard InChI is InChI=1S/C14H21N5O2S/c1-11(14(2,3)4)18(5)22(20,21)13-8-6-7-12(9-13)19-10-15-16-17-19/h6-11H,1-5H3/t11-/m1/s1. The van der Waals surface area contributed by atoms with E-state index in [0.717, 1.165) is 0 Å². The summed E-state index contributed by atoms with van der Waals surface area (Å²) in [5.41, 5.74) is 0.442. The van der Waals surface area contributed by atoms with E-state index < -0.39 is 10.0 Å². The molecule has 2 aromatic rings. The Balaban J connectivity index is 2.40. The average molecular weight is 323 g/mol. The number of nitrogens with zero attached hydrogens (tertiary/aromatic N) is 5. The van der Waals surface area contributed by atoms with E-state index in [1.165, 1.54) is 15.3 Å². The molecule has 0 radical (unpaired) electrons. The minimum Gasteiger partial charge on any atom is -0.207 e. The molecule has 120 valence electrons. The van der Waals surface area contributed by atoms with Gasteiger partial charge in [0.05, 0.1) is 10.6 Å². The first-order valence-electron chi connectivity index (χ1n) is 6.95. The van der Waals surface area contributed by atoms with Crippen molar-refractivity contribution in [1.29, 1.82) is 0 Å². The van der Waals surface area contributed by atoms with Crippen LogP contribution in [0.15, 0.2) is 35.5 Å². The van der Waals surface area contributed by atoms with Gasteiger partial charge < -0.3 is 0 Å². The maximum atomic E-state index is 12.8. The Morgan fingerprint density at radius 1 is 1.27 bits per heavy atom. The zero-order valence-corrected chi connectivity index (χ0v) is 14.2. The highest BCUT2D eigenvalue weighted by atomic mass is 32.2. The molecule has 0 amide bonds. The molecule has 0 spiro atoms. The molecule has 8 heteroatoms. The molecule has 0 aliphatic carbocycles. The van der Waals surface area contributed by atoms with E-state index in [9.17, 15) is 8.42 Å². The van der Waals surface area contributed by atoms with Crippen LogP contribution in [0.5, 0.6) is 0 Å². The van der Waals surface area contributed by atoms with Crippen LogP contribution in [0.25, 0.3) is 5.69 Å². The van der Waals surface area contributed by atoms with E-state index in [0.29, 0.717) is 5.69 Å². The third-order valence-corrected chi connectivity index (χ3v) is 5.83. The molecule has 22 heavy (non-hydrogen) atoms. The summed E-state index contributed by atoms with van der Waals surface area (Å²) in [5, 5.41) is 10.9. The quantitative estimate of drug-likeness (QED) is 0.855. The number of rotatable bonds is 4. The molecule has 1 atom stereocenters. The molecule has 0 fully saturated rings. The second-order valence-electron chi connectivity index (χ2n) is 6.31. The van der Waals surface area contributed by atoms with E-state index >= 15 is 0 Å².